The summed E-state index contributed by atoms with van der Waals surface area (Å²) in [6, 6.07) is 18.4. The van der Waals surface area contributed by atoms with Gasteiger partial charge in [-0.2, -0.15) is 0 Å². The minimum atomic E-state index is -1.38. The monoisotopic (exact) mass is 520 g/mol. The molecule has 3 aromatic rings. The third-order valence-corrected chi connectivity index (χ3v) is 7.70. The highest BCUT2D eigenvalue weighted by Gasteiger charge is 2.50. The number of aliphatic imine (C=N–C) groups is 1. The molecule has 2 heterocycles. The van der Waals surface area contributed by atoms with E-state index >= 15 is 0 Å². The molecule has 2 aliphatic rings. The SMILES string of the molecule is CC1=NC(c2ccc(F)cc2)(c2ccc(F)cc2)C(=O)N1CCC(C)N1CCN(c2ccc(F)cc2)CC1. The zero-order valence-corrected chi connectivity index (χ0v) is 21.6. The van der Waals surface area contributed by atoms with Gasteiger partial charge in [0, 0.05) is 44.5 Å². The van der Waals surface area contributed by atoms with Crippen LogP contribution in [0.5, 0.6) is 0 Å². The Labute approximate surface area is 221 Å². The second-order valence-electron chi connectivity index (χ2n) is 9.98. The number of anilines is 1. The number of halogens is 3. The van der Waals surface area contributed by atoms with Crippen LogP contribution in [0.25, 0.3) is 0 Å². The number of hydrogen-bond donors (Lipinski definition) is 0. The number of piperazine rings is 1. The van der Waals surface area contributed by atoms with E-state index in [1.165, 1.54) is 36.4 Å². The third kappa shape index (κ3) is 4.92. The molecule has 1 unspecified atom stereocenters. The Balaban J connectivity index is 1.28. The van der Waals surface area contributed by atoms with E-state index in [9.17, 15) is 18.0 Å². The third-order valence-electron chi connectivity index (χ3n) is 7.70. The van der Waals surface area contributed by atoms with Crippen molar-refractivity contribution in [3.8, 4) is 0 Å². The minimum Gasteiger partial charge on any atom is -0.369 e. The molecule has 5 nitrogen and oxygen atoms in total. The number of amidine groups is 1. The average molecular weight is 521 g/mol. The van der Waals surface area contributed by atoms with E-state index in [0.717, 1.165) is 38.3 Å². The van der Waals surface area contributed by atoms with Crippen molar-refractivity contribution in [3.63, 3.8) is 0 Å². The lowest BCUT2D eigenvalue weighted by Gasteiger charge is -2.39. The second kappa shape index (κ2) is 10.6. The molecule has 0 spiro atoms. The summed E-state index contributed by atoms with van der Waals surface area (Å²) in [6.07, 6.45) is 0.748. The molecule has 8 heteroatoms. The van der Waals surface area contributed by atoms with E-state index in [1.807, 2.05) is 12.1 Å². The Hall–Kier alpha value is -3.65. The van der Waals surface area contributed by atoms with Gasteiger partial charge in [-0.05, 0) is 79.9 Å². The van der Waals surface area contributed by atoms with Crippen LogP contribution < -0.4 is 4.90 Å². The van der Waals surface area contributed by atoms with Crippen molar-refractivity contribution in [3.05, 3.63) is 101 Å². The fourth-order valence-corrected chi connectivity index (χ4v) is 5.45. The predicted molar refractivity (Wildman–Crippen MR) is 143 cm³/mol. The first kappa shape index (κ1) is 26.0. The molecule has 1 amide bonds. The summed E-state index contributed by atoms with van der Waals surface area (Å²) in [5.41, 5.74) is 0.728. The molecule has 3 aromatic carbocycles. The number of carbonyl (C=O) groups is 1. The van der Waals surface area contributed by atoms with Crippen LogP contribution in [0.4, 0.5) is 18.9 Å². The number of amides is 1. The maximum Gasteiger partial charge on any atom is 0.265 e. The molecule has 5 rings (SSSR count). The zero-order valence-electron chi connectivity index (χ0n) is 21.6. The predicted octanol–water partition coefficient (Wildman–Crippen LogP) is 5.21. The lowest BCUT2D eigenvalue weighted by Crippen LogP contribution is -2.50. The van der Waals surface area contributed by atoms with Crippen LogP contribution in [0, 0.1) is 17.5 Å². The molecular weight excluding hydrogens is 489 g/mol. The first-order valence-corrected chi connectivity index (χ1v) is 12.9. The van der Waals surface area contributed by atoms with Crippen molar-refractivity contribution in [1.82, 2.24) is 9.80 Å². The zero-order chi connectivity index (χ0) is 26.9. The molecule has 1 fully saturated rings. The van der Waals surface area contributed by atoms with Crippen LogP contribution in [0.15, 0.2) is 77.8 Å². The molecule has 0 saturated carbocycles. The second-order valence-corrected chi connectivity index (χ2v) is 9.98. The summed E-state index contributed by atoms with van der Waals surface area (Å²) in [5, 5.41) is 0. The molecule has 1 saturated heterocycles. The van der Waals surface area contributed by atoms with Crippen LogP contribution >= 0.6 is 0 Å². The van der Waals surface area contributed by atoms with E-state index in [2.05, 4.69) is 16.7 Å². The van der Waals surface area contributed by atoms with E-state index in [1.54, 1.807) is 36.1 Å². The lowest BCUT2D eigenvalue weighted by molar-refractivity contribution is -0.130. The van der Waals surface area contributed by atoms with Gasteiger partial charge in [0.05, 0.1) is 0 Å². The fourth-order valence-electron chi connectivity index (χ4n) is 5.45. The maximum absolute atomic E-state index is 14.0. The van der Waals surface area contributed by atoms with Crippen LogP contribution in [0.1, 0.15) is 31.4 Å². The molecule has 198 valence electrons. The van der Waals surface area contributed by atoms with E-state index < -0.39 is 17.2 Å². The van der Waals surface area contributed by atoms with Gasteiger partial charge in [-0.15, -0.1) is 0 Å². The summed E-state index contributed by atoms with van der Waals surface area (Å²) in [4.78, 5) is 25.2. The van der Waals surface area contributed by atoms with Crippen LogP contribution in [0.3, 0.4) is 0 Å². The summed E-state index contributed by atoms with van der Waals surface area (Å²) < 4.78 is 40.7. The number of carbonyl (C=O) groups excluding carboxylic acids is 1. The molecule has 0 bridgehead atoms. The Bertz CT molecular complexity index is 1260. The minimum absolute atomic E-state index is 0.221. The van der Waals surface area contributed by atoms with Gasteiger partial charge in [0.1, 0.15) is 23.3 Å². The van der Waals surface area contributed by atoms with Gasteiger partial charge in [-0.3, -0.25) is 14.6 Å². The molecule has 2 aliphatic heterocycles. The van der Waals surface area contributed by atoms with Crippen molar-refractivity contribution in [2.75, 3.05) is 37.6 Å². The van der Waals surface area contributed by atoms with Gasteiger partial charge < -0.3 is 4.90 Å². The van der Waals surface area contributed by atoms with E-state index in [0.29, 0.717) is 23.5 Å². The van der Waals surface area contributed by atoms with Gasteiger partial charge in [-0.1, -0.05) is 24.3 Å². The largest absolute Gasteiger partial charge is 0.369 e. The van der Waals surface area contributed by atoms with Gasteiger partial charge in [0.2, 0.25) is 0 Å². The molecule has 0 N–H and O–H groups in total. The fraction of sp³-hybridized carbons (Fsp3) is 0.333. The molecule has 0 aromatic heterocycles. The normalized spacial score (nSPS) is 18.6. The molecule has 38 heavy (non-hydrogen) atoms. The Kier molecular flexibility index (Phi) is 7.25. The summed E-state index contributed by atoms with van der Waals surface area (Å²) in [7, 11) is 0. The van der Waals surface area contributed by atoms with E-state index in [-0.39, 0.29) is 17.8 Å². The van der Waals surface area contributed by atoms with Gasteiger partial charge in [0.25, 0.3) is 5.91 Å². The molecular formula is C30H31F3N4O. The highest BCUT2D eigenvalue weighted by molar-refractivity contribution is 6.09. The summed E-state index contributed by atoms with van der Waals surface area (Å²) in [6.45, 7) is 7.88. The van der Waals surface area contributed by atoms with Gasteiger partial charge in [-0.25, -0.2) is 18.2 Å². The Morgan fingerprint density at radius 2 is 1.26 bits per heavy atom. The summed E-state index contributed by atoms with van der Waals surface area (Å²) in [5.74, 6) is -0.684. The van der Waals surface area contributed by atoms with Gasteiger partial charge >= 0.3 is 0 Å². The molecule has 1 atom stereocenters. The lowest BCUT2D eigenvalue weighted by atomic mass is 9.82. The number of nitrogens with zero attached hydrogens (tertiary/aromatic N) is 4. The molecule has 0 radical (unpaired) electrons. The van der Waals surface area contributed by atoms with Crippen molar-refractivity contribution in [1.29, 1.82) is 0 Å². The van der Waals surface area contributed by atoms with Crippen molar-refractivity contribution < 1.29 is 18.0 Å². The number of hydrogen-bond acceptors (Lipinski definition) is 4. The Morgan fingerprint density at radius 3 is 1.76 bits per heavy atom. The van der Waals surface area contributed by atoms with Crippen LogP contribution in [-0.4, -0.2) is 60.3 Å². The topological polar surface area (TPSA) is 39.2 Å². The standard InChI is InChI=1S/C30H31F3N4O/c1-21(35-17-19-36(20-18-35)28-13-11-27(33)12-14-28)15-16-37-22(2)34-30(29(37)38,23-3-7-25(31)8-4-23)24-5-9-26(32)10-6-24/h3-14,21H,15-20H2,1-2H3. The van der Waals surface area contributed by atoms with Crippen LogP contribution in [0.2, 0.25) is 0 Å². The van der Waals surface area contributed by atoms with E-state index in [4.69, 9.17) is 4.99 Å². The highest BCUT2D eigenvalue weighted by atomic mass is 19.1. The average Bonchev–Trinajstić information content (AvgIpc) is 3.18. The summed E-state index contributed by atoms with van der Waals surface area (Å²) >= 11 is 0. The Morgan fingerprint density at radius 1 is 0.789 bits per heavy atom. The smallest absolute Gasteiger partial charge is 0.265 e. The first-order valence-electron chi connectivity index (χ1n) is 12.9. The number of rotatable bonds is 7. The number of benzene rings is 3. The van der Waals surface area contributed by atoms with Crippen molar-refractivity contribution in [2.45, 2.75) is 31.8 Å². The highest BCUT2D eigenvalue weighted by Crippen LogP contribution is 2.40. The van der Waals surface area contributed by atoms with Crippen molar-refractivity contribution in [2.24, 2.45) is 4.99 Å². The van der Waals surface area contributed by atoms with Crippen LogP contribution in [-0.2, 0) is 10.3 Å². The first-order chi connectivity index (χ1) is 18.3. The maximum atomic E-state index is 14.0. The van der Waals surface area contributed by atoms with Gasteiger partial charge in [0.15, 0.2) is 5.54 Å². The molecule has 0 aliphatic carbocycles. The quantitative estimate of drug-likeness (QED) is 0.430. The van der Waals surface area contributed by atoms with Crippen molar-refractivity contribution >= 4 is 17.4 Å².